The van der Waals surface area contributed by atoms with Gasteiger partial charge in [-0.3, -0.25) is 10.1 Å². The first-order valence-electron chi connectivity index (χ1n) is 6.07. The van der Waals surface area contributed by atoms with Gasteiger partial charge in [-0.15, -0.1) is 0 Å². The maximum atomic E-state index is 11.0. The number of aliphatic hydroxyl groups excluding tert-OH is 1. The van der Waals surface area contributed by atoms with E-state index in [2.05, 4.69) is 5.32 Å². The van der Waals surface area contributed by atoms with Gasteiger partial charge in [-0.25, -0.2) is 0 Å². The molecule has 0 spiro atoms. The topological polar surface area (TPSA) is 84.6 Å². The molecule has 0 aliphatic rings. The minimum atomic E-state index is -0.441. The molecule has 1 aromatic rings. The Bertz CT molecular complexity index is 446. The number of nitro benzene ring substituents is 1. The van der Waals surface area contributed by atoms with Crippen molar-refractivity contribution < 1.29 is 14.8 Å². The summed E-state index contributed by atoms with van der Waals surface area (Å²) in [5, 5.41) is 23.0. The Morgan fingerprint density at radius 3 is 2.68 bits per heavy atom. The van der Waals surface area contributed by atoms with Gasteiger partial charge in [0.2, 0.25) is 0 Å². The van der Waals surface area contributed by atoms with Gasteiger partial charge in [-0.05, 0) is 24.0 Å². The fraction of sp³-hybridized carbons (Fsp3) is 0.538. The number of methoxy groups -OCH3 is 1. The molecule has 0 fully saturated rings. The van der Waals surface area contributed by atoms with Crippen LogP contribution in [0.4, 0.5) is 11.4 Å². The van der Waals surface area contributed by atoms with Crippen LogP contribution in [0.25, 0.3) is 0 Å². The second-order valence-electron chi connectivity index (χ2n) is 5.13. The number of nitrogens with zero attached hydrogens (tertiary/aromatic N) is 1. The summed E-state index contributed by atoms with van der Waals surface area (Å²) in [6.07, 6.45) is 0.629. The van der Waals surface area contributed by atoms with E-state index in [1.54, 1.807) is 12.1 Å². The van der Waals surface area contributed by atoms with Gasteiger partial charge in [-0.1, -0.05) is 13.8 Å². The Morgan fingerprint density at radius 1 is 1.47 bits per heavy atom. The van der Waals surface area contributed by atoms with Crippen LogP contribution >= 0.6 is 0 Å². The molecule has 0 radical (unpaired) electrons. The summed E-state index contributed by atoms with van der Waals surface area (Å²) in [7, 11) is 1.47. The number of nitrogens with one attached hydrogen (secondary N) is 1. The van der Waals surface area contributed by atoms with Crippen LogP contribution in [-0.4, -0.2) is 30.3 Å². The SMILES string of the molecule is COc1ccc(NCC(C)(C)CCO)c([N+](=O)[O-])c1. The molecule has 0 unspecified atom stereocenters. The second-order valence-corrected chi connectivity index (χ2v) is 5.13. The van der Waals surface area contributed by atoms with Gasteiger partial charge in [0.05, 0.1) is 18.1 Å². The van der Waals surface area contributed by atoms with Crippen molar-refractivity contribution in [2.45, 2.75) is 20.3 Å². The minimum Gasteiger partial charge on any atom is -0.496 e. The zero-order valence-corrected chi connectivity index (χ0v) is 11.5. The summed E-state index contributed by atoms with van der Waals surface area (Å²) in [4.78, 5) is 10.6. The number of nitro groups is 1. The lowest BCUT2D eigenvalue weighted by Crippen LogP contribution is -2.24. The van der Waals surface area contributed by atoms with E-state index in [0.717, 1.165) is 0 Å². The van der Waals surface area contributed by atoms with Crippen LogP contribution in [0.1, 0.15) is 20.3 Å². The lowest BCUT2D eigenvalue weighted by molar-refractivity contribution is -0.384. The standard InChI is InChI=1S/C13H20N2O4/c1-13(2,6-7-16)9-14-11-5-4-10(19-3)8-12(11)15(17)18/h4-5,8,14,16H,6-7,9H2,1-3H3. The highest BCUT2D eigenvalue weighted by Gasteiger charge is 2.20. The van der Waals surface area contributed by atoms with E-state index in [4.69, 9.17) is 9.84 Å². The summed E-state index contributed by atoms with van der Waals surface area (Å²) < 4.78 is 4.98. The predicted molar refractivity (Wildman–Crippen MR) is 73.6 cm³/mol. The fourth-order valence-corrected chi connectivity index (χ4v) is 1.66. The summed E-state index contributed by atoms with van der Waals surface area (Å²) in [5.41, 5.74) is 0.304. The van der Waals surface area contributed by atoms with Crippen molar-refractivity contribution in [1.29, 1.82) is 0 Å². The van der Waals surface area contributed by atoms with E-state index >= 15 is 0 Å². The molecule has 1 rings (SSSR count). The maximum Gasteiger partial charge on any atom is 0.296 e. The van der Waals surface area contributed by atoms with Crippen LogP contribution < -0.4 is 10.1 Å². The monoisotopic (exact) mass is 268 g/mol. The minimum absolute atomic E-state index is 0.0147. The number of hydrogen-bond donors (Lipinski definition) is 2. The Hall–Kier alpha value is -1.82. The first-order chi connectivity index (χ1) is 8.89. The zero-order valence-electron chi connectivity index (χ0n) is 11.5. The summed E-state index contributed by atoms with van der Waals surface area (Å²) in [6, 6.07) is 4.70. The Morgan fingerprint density at radius 2 is 2.16 bits per heavy atom. The highest BCUT2D eigenvalue weighted by Crippen LogP contribution is 2.30. The molecule has 6 nitrogen and oxygen atoms in total. The summed E-state index contributed by atoms with van der Waals surface area (Å²) >= 11 is 0. The number of benzene rings is 1. The number of rotatable bonds is 7. The molecule has 106 valence electrons. The van der Waals surface area contributed by atoms with Gasteiger partial charge in [-0.2, -0.15) is 0 Å². The first kappa shape index (κ1) is 15.2. The molecule has 0 bridgehead atoms. The Balaban J connectivity index is 2.86. The van der Waals surface area contributed by atoms with Crippen LogP contribution in [0.15, 0.2) is 18.2 Å². The average Bonchev–Trinajstić information content (AvgIpc) is 2.36. The van der Waals surface area contributed by atoms with Crippen LogP contribution in [0.5, 0.6) is 5.75 Å². The Labute approximate surface area is 112 Å². The van der Waals surface area contributed by atoms with Crippen LogP contribution in [0, 0.1) is 15.5 Å². The van der Waals surface area contributed by atoms with Crippen molar-refractivity contribution in [1.82, 2.24) is 0 Å². The van der Waals surface area contributed by atoms with Gasteiger partial charge in [0.15, 0.2) is 0 Å². The van der Waals surface area contributed by atoms with Crippen LogP contribution in [0.2, 0.25) is 0 Å². The summed E-state index contributed by atoms with van der Waals surface area (Å²) in [6.45, 7) is 4.62. The molecule has 19 heavy (non-hydrogen) atoms. The molecule has 0 atom stereocenters. The van der Waals surface area contributed by atoms with Gasteiger partial charge in [0.25, 0.3) is 5.69 Å². The van der Waals surface area contributed by atoms with Crippen LogP contribution in [0.3, 0.4) is 0 Å². The van der Waals surface area contributed by atoms with Crippen molar-refractivity contribution in [2.75, 3.05) is 25.6 Å². The van der Waals surface area contributed by atoms with Crippen LogP contribution in [-0.2, 0) is 0 Å². The van der Waals surface area contributed by atoms with Crippen molar-refractivity contribution in [3.63, 3.8) is 0 Å². The number of ether oxygens (including phenoxy) is 1. The second kappa shape index (κ2) is 6.38. The third kappa shape index (κ3) is 4.40. The first-order valence-corrected chi connectivity index (χ1v) is 6.07. The molecule has 0 saturated carbocycles. The maximum absolute atomic E-state index is 11.0. The molecular weight excluding hydrogens is 248 g/mol. The van der Waals surface area contributed by atoms with Crippen molar-refractivity contribution in [2.24, 2.45) is 5.41 Å². The smallest absolute Gasteiger partial charge is 0.296 e. The third-order valence-corrected chi connectivity index (χ3v) is 2.95. The Kier molecular flexibility index (Phi) is 5.11. The average molecular weight is 268 g/mol. The van der Waals surface area contributed by atoms with Gasteiger partial charge >= 0.3 is 0 Å². The normalized spacial score (nSPS) is 11.2. The van der Waals surface area contributed by atoms with Crippen molar-refractivity contribution in [3.8, 4) is 5.75 Å². The van der Waals surface area contributed by atoms with Crippen molar-refractivity contribution >= 4 is 11.4 Å². The number of anilines is 1. The molecule has 0 amide bonds. The lowest BCUT2D eigenvalue weighted by Gasteiger charge is -2.24. The van der Waals surface area contributed by atoms with E-state index in [0.29, 0.717) is 24.4 Å². The predicted octanol–water partition coefficient (Wildman–Crippen LogP) is 2.42. The highest BCUT2D eigenvalue weighted by atomic mass is 16.6. The molecule has 2 N–H and O–H groups in total. The lowest BCUT2D eigenvalue weighted by atomic mass is 9.89. The summed E-state index contributed by atoms with van der Waals surface area (Å²) in [5.74, 6) is 0.451. The zero-order chi connectivity index (χ0) is 14.5. The number of hydrogen-bond acceptors (Lipinski definition) is 5. The molecule has 0 saturated heterocycles. The van der Waals surface area contributed by atoms with Gasteiger partial charge in [0.1, 0.15) is 11.4 Å². The van der Waals surface area contributed by atoms with E-state index in [1.807, 2.05) is 13.8 Å². The van der Waals surface area contributed by atoms with E-state index in [9.17, 15) is 10.1 Å². The fourth-order valence-electron chi connectivity index (χ4n) is 1.66. The quantitative estimate of drug-likeness (QED) is 0.586. The van der Waals surface area contributed by atoms with E-state index in [-0.39, 0.29) is 17.7 Å². The largest absolute Gasteiger partial charge is 0.496 e. The molecular formula is C13H20N2O4. The molecule has 1 aromatic carbocycles. The molecule has 0 aliphatic carbocycles. The molecule has 0 heterocycles. The number of aliphatic hydroxyl groups is 1. The van der Waals surface area contributed by atoms with Crippen molar-refractivity contribution in [3.05, 3.63) is 28.3 Å². The molecule has 0 aliphatic heterocycles. The van der Waals surface area contributed by atoms with E-state index in [1.165, 1.54) is 13.2 Å². The third-order valence-electron chi connectivity index (χ3n) is 2.95. The van der Waals surface area contributed by atoms with Gasteiger partial charge in [0, 0.05) is 13.2 Å². The van der Waals surface area contributed by atoms with E-state index < -0.39 is 4.92 Å². The molecule has 0 aromatic heterocycles. The molecule has 6 heteroatoms. The van der Waals surface area contributed by atoms with Gasteiger partial charge < -0.3 is 15.2 Å². The highest BCUT2D eigenvalue weighted by molar-refractivity contribution is 5.63.